The van der Waals surface area contributed by atoms with Crippen molar-refractivity contribution in [3.63, 3.8) is 0 Å². The highest BCUT2D eigenvalue weighted by atomic mass is 19.2. The summed E-state index contributed by atoms with van der Waals surface area (Å²) in [7, 11) is 0. The van der Waals surface area contributed by atoms with Crippen LogP contribution in [0.4, 0.5) is 20.3 Å². The number of halogens is 2. The number of aryl methyl sites for hydroxylation is 1. The molecule has 4 rings (SSSR count). The first-order valence-electron chi connectivity index (χ1n) is 13.8. The number of rotatable bonds is 13. The van der Waals surface area contributed by atoms with Crippen molar-refractivity contribution in [2.75, 3.05) is 31.6 Å². The van der Waals surface area contributed by atoms with Crippen LogP contribution in [0.25, 0.3) is 16.9 Å². The molecule has 0 fully saturated rings. The Balaban J connectivity index is 0.00000177. The van der Waals surface area contributed by atoms with Crippen LogP contribution >= 0.6 is 0 Å². The number of aromatic nitrogens is 3. The first kappa shape index (κ1) is 33.9. The normalized spacial score (nSPS) is 10.3. The number of nitriles is 1. The zero-order valence-corrected chi connectivity index (χ0v) is 24.3. The van der Waals surface area contributed by atoms with Gasteiger partial charge in [-0.15, -0.1) is 0 Å². The molecule has 2 aromatic carbocycles. The third-order valence-electron chi connectivity index (χ3n) is 6.38. The number of benzene rings is 2. The van der Waals surface area contributed by atoms with Crippen LogP contribution in [0.15, 0.2) is 48.9 Å². The Morgan fingerprint density at radius 2 is 1.91 bits per heavy atom. The summed E-state index contributed by atoms with van der Waals surface area (Å²) in [5.74, 6) is -2.69. The molecule has 45 heavy (non-hydrogen) atoms. The van der Waals surface area contributed by atoms with Gasteiger partial charge in [-0.1, -0.05) is 6.92 Å². The van der Waals surface area contributed by atoms with E-state index in [4.69, 9.17) is 25.6 Å². The number of hydrogen-bond acceptors (Lipinski definition) is 9. The molecule has 0 saturated heterocycles. The van der Waals surface area contributed by atoms with Crippen LogP contribution in [0, 0.1) is 23.0 Å². The molecular formula is C30H32F2N8O5. The summed E-state index contributed by atoms with van der Waals surface area (Å²) in [5, 5.41) is 24.3. The molecule has 236 valence electrons. The fourth-order valence-corrected chi connectivity index (χ4v) is 4.30. The number of nitrogens with zero attached hydrogens (tertiary/aromatic N) is 4. The van der Waals surface area contributed by atoms with Gasteiger partial charge in [-0.3, -0.25) is 18.8 Å². The lowest BCUT2D eigenvalue weighted by molar-refractivity contribution is -0.123. The van der Waals surface area contributed by atoms with Crippen LogP contribution in [0.2, 0.25) is 0 Å². The molecule has 15 heteroatoms. The van der Waals surface area contributed by atoms with Crippen molar-refractivity contribution in [2.24, 2.45) is 5.73 Å². The number of nitrogens with one attached hydrogen (secondary N) is 3. The number of anilines is 2. The molecule has 0 unspecified atom stereocenters. The molecule has 2 heterocycles. The second-order valence-corrected chi connectivity index (χ2v) is 9.25. The Bertz CT molecular complexity index is 1690. The lowest BCUT2D eigenvalue weighted by Gasteiger charge is -2.13. The van der Waals surface area contributed by atoms with E-state index in [1.165, 1.54) is 24.5 Å². The summed E-state index contributed by atoms with van der Waals surface area (Å²) in [6.07, 6.45) is 6.02. The number of carbonyl (C=O) groups excluding carboxylic acids is 2. The minimum atomic E-state index is -1.20. The van der Waals surface area contributed by atoms with Gasteiger partial charge in [-0.05, 0) is 55.3 Å². The molecule has 2 amide bonds. The van der Waals surface area contributed by atoms with Crippen molar-refractivity contribution in [3.8, 4) is 23.1 Å². The lowest BCUT2D eigenvalue weighted by atomic mass is 10.0. The second kappa shape index (κ2) is 16.9. The number of fused-ring (bicyclic) bond motifs is 1. The summed E-state index contributed by atoms with van der Waals surface area (Å²) < 4.78 is 36.0. The van der Waals surface area contributed by atoms with E-state index >= 15 is 0 Å². The Morgan fingerprint density at radius 3 is 2.62 bits per heavy atom. The van der Waals surface area contributed by atoms with Gasteiger partial charge in [0.25, 0.3) is 12.4 Å². The third kappa shape index (κ3) is 8.71. The number of ether oxygens (including phenoxy) is 1. The summed E-state index contributed by atoms with van der Waals surface area (Å²) in [4.78, 5) is 41.6. The van der Waals surface area contributed by atoms with Crippen LogP contribution < -0.4 is 26.4 Å². The molecule has 4 aromatic rings. The van der Waals surface area contributed by atoms with E-state index in [1.54, 1.807) is 28.8 Å². The van der Waals surface area contributed by atoms with E-state index in [0.29, 0.717) is 55.1 Å². The van der Waals surface area contributed by atoms with Crippen LogP contribution in [-0.2, 0) is 16.0 Å². The smallest absolute Gasteiger partial charge is 0.290 e. The maximum atomic E-state index is 14.9. The van der Waals surface area contributed by atoms with Gasteiger partial charge in [0.15, 0.2) is 29.6 Å². The molecular weight excluding hydrogens is 590 g/mol. The predicted molar refractivity (Wildman–Crippen MR) is 161 cm³/mol. The maximum absolute atomic E-state index is 14.9. The SMILES string of the molecule is CCc1cc(Nc2nccn3c(-c4ccc(OCC#N)c(F)c4F)cnc23)ccc1C(=O)NCCNC(=O)CCCN.O=CO. The molecule has 0 radical (unpaired) electrons. The number of carbonyl (C=O) groups is 3. The third-order valence-corrected chi connectivity index (χ3v) is 6.38. The molecule has 0 atom stereocenters. The minimum absolute atomic E-state index is 0.0415. The van der Waals surface area contributed by atoms with Gasteiger partial charge in [-0.25, -0.2) is 14.4 Å². The quantitative estimate of drug-likeness (QED) is 0.109. The molecule has 0 saturated carbocycles. The van der Waals surface area contributed by atoms with Gasteiger partial charge in [0, 0.05) is 48.7 Å². The van der Waals surface area contributed by atoms with Crippen LogP contribution in [-0.4, -0.2) is 64.0 Å². The van der Waals surface area contributed by atoms with E-state index in [1.807, 2.05) is 13.0 Å². The molecule has 2 aromatic heterocycles. The fourth-order valence-electron chi connectivity index (χ4n) is 4.30. The molecule has 0 bridgehead atoms. The highest BCUT2D eigenvalue weighted by Gasteiger charge is 2.20. The Labute approximate surface area is 257 Å². The van der Waals surface area contributed by atoms with E-state index in [9.17, 15) is 18.4 Å². The minimum Gasteiger partial charge on any atom is -0.483 e. The molecule has 0 aliphatic carbocycles. The van der Waals surface area contributed by atoms with E-state index < -0.39 is 18.2 Å². The number of carboxylic acid groups (broad SMARTS) is 1. The number of imidazole rings is 1. The molecule has 0 aliphatic rings. The Kier molecular flexibility index (Phi) is 12.7. The van der Waals surface area contributed by atoms with Crippen molar-refractivity contribution in [3.05, 3.63) is 71.7 Å². The number of hydrogen-bond donors (Lipinski definition) is 5. The highest BCUT2D eigenvalue weighted by molar-refractivity contribution is 5.96. The monoisotopic (exact) mass is 622 g/mol. The number of amides is 2. The fraction of sp³-hybridized carbons (Fsp3) is 0.267. The summed E-state index contributed by atoms with van der Waals surface area (Å²) >= 11 is 0. The van der Waals surface area contributed by atoms with E-state index in [2.05, 4.69) is 25.9 Å². The topological polar surface area (TPSA) is 197 Å². The second-order valence-electron chi connectivity index (χ2n) is 9.25. The van der Waals surface area contributed by atoms with Crippen molar-refractivity contribution < 1.29 is 33.0 Å². The van der Waals surface area contributed by atoms with Crippen LogP contribution in [0.3, 0.4) is 0 Å². The van der Waals surface area contributed by atoms with E-state index in [0.717, 1.165) is 5.56 Å². The van der Waals surface area contributed by atoms with Crippen molar-refractivity contribution in [2.45, 2.75) is 26.2 Å². The number of nitrogens with two attached hydrogens (primary N) is 1. The Morgan fingerprint density at radius 1 is 1.16 bits per heavy atom. The molecule has 13 nitrogen and oxygen atoms in total. The first-order valence-corrected chi connectivity index (χ1v) is 13.8. The molecule has 0 aliphatic heterocycles. The van der Waals surface area contributed by atoms with Gasteiger partial charge < -0.3 is 31.5 Å². The van der Waals surface area contributed by atoms with Crippen molar-refractivity contribution in [1.29, 1.82) is 5.26 Å². The average Bonchev–Trinajstić information content (AvgIpc) is 3.48. The van der Waals surface area contributed by atoms with Crippen molar-refractivity contribution in [1.82, 2.24) is 25.0 Å². The van der Waals surface area contributed by atoms with Crippen LogP contribution in [0.5, 0.6) is 5.75 Å². The highest BCUT2D eigenvalue weighted by Crippen LogP contribution is 2.32. The summed E-state index contributed by atoms with van der Waals surface area (Å²) in [6, 6.07) is 9.58. The lowest BCUT2D eigenvalue weighted by Crippen LogP contribution is -2.35. The largest absolute Gasteiger partial charge is 0.483 e. The predicted octanol–water partition coefficient (Wildman–Crippen LogP) is 3.17. The molecule has 0 spiro atoms. The van der Waals surface area contributed by atoms with Crippen molar-refractivity contribution >= 4 is 35.4 Å². The van der Waals surface area contributed by atoms with Gasteiger partial charge in [-0.2, -0.15) is 9.65 Å². The maximum Gasteiger partial charge on any atom is 0.290 e. The molecule has 6 N–H and O–H groups in total. The Hall–Kier alpha value is -5.62. The van der Waals surface area contributed by atoms with Crippen LogP contribution in [0.1, 0.15) is 35.7 Å². The first-order chi connectivity index (χ1) is 21.8. The van der Waals surface area contributed by atoms with Gasteiger partial charge >= 0.3 is 0 Å². The standard InChI is InChI=1S/C29H30F2N8O3.CH2O2/c1-2-18-16-19(5-6-20(18)29(41)36-12-11-34-24(40)4-3-9-32)38-27-28-37-17-22(39(28)14-13-35-27)21-7-8-23(42-15-10-33)26(31)25(21)30;2-1-3/h5-8,13-14,16-17H,2-4,9,11-12,15,32H2,1H3,(H,34,40)(H,35,38)(H,36,41);1H,(H,2,3). The zero-order valence-electron chi connectivity index (χ0n) is 24.3. The average molecular weight is 623 g/mol. The zero-order chi connectivity index (χ0) is 32.8. The van der Waals surface area contributed by atoms with Gasteiger partial charge in [0.05, 0.1) is 11.9 Å². The van der Waals surface area contributed by atoms with E-state index in [-0.39, 0.29) is 41.8 Å². The van der Waals surface area contributed by atoms with Gasteiger partial charge in [0.1, 0.15) is 6.07 Å². The summed E-state index contributed by atoms with van der Waals surface area (Å²) in [6.45, 7) is 2.31. The summed E-state index contributed by atoms with van der Waals surface area (Å²) in [5.41, 5.74) is 7.96. The van der Waals surface area contributed by atoms with Gasteiger partial charge in [0.2, 0.25) is 11.7 Å².